The van der Waals surface area contributed by atoms with Crippen molar-refractivity contribution in [2.24, 2.45) is 5.41 Å². The summed E-state index contributed by atoms with van der Waals surface area (Å²) in [6.07, 6.45) is 2.47. The number of amides is 1. The maximum atomic E-state index is 13.8. The van der Waals surface area contributed by atoms with Crippen LogP contribution in [0.1, 0.15) is 50.6 Å². The Labute approximate surface area is 192 Å². The molecule has 31 heavy (non-hydrogen) atoms. The summed E-state index contributed by atoms with van der Waals surface area (Å²) in [6.45, 7) is 7.18. The molecule has 2 atom stereocenters. The summed E-state index contributed by atoms with van der Waals surface area (Å²) in [5, 5.41) is 4.13. The second-order valence-corrected chi connectivity index (χ2v) is 10.3. The Bertz CT molecular complexity index is 1210. The number of hydrogen-bond donors (Lipinski definition) is 1. The fourth-order valence-electron chi connectivity index (χ4n) is 5.72. The Hall–Kier alpha value is -2.17. The lowest BCUT2D eigenvalue weighted by molar-refractivity contribution is -0.130. The van der Waals surface area contributed by atoms with Gasteiger partial charge in [0.1, 0.15) is 0 Å². The van der Waals surface area contributed by atoms with E-state index in [0.717, 1.165) is 36.2 Å². The Morgan fingerprint density at radius 1 is 0.968 bits per heavy atom. The van der Waals surface area contributed by atoms with Crippen LogP contribution in [0.25, 0.3) is 11.0 Å². The highest BCUT2D eigenvalue weighted by Crippen LogP contribution is 2.70. The highest BCUT2D eigenvalue weighted by Gasteiger charge is 2.73. The third-order valence-corrected chi connectivity index (χ3v) is 8.73. The molecule has 2 unspecified atom stereocenters. The predicted octanol–water partition coefficient (Wildman–Crippen LogP) is 5.62. The number of carbonyl (C=O) groups is 1. The number of aromatic nitrogens is 2. The van der Waals surface area contributed by atoms with E-state index in [-0.39, 0.29) is 16.7 Å². The topological polar surface area (TPSA) is 54.9 Å². The second kappa shape index (κ2) is 6.91. The van der Waals surface area contributed by atoms with Crippen LogP contribution >= 0.6 is 23.2 Å². The van der Waals surface area contributed by atoms with Crippen LogP contribution in [0.15, 0.2) is 42.5 Å². The zero-order valence-electron chi connectivity index (χ0n) is 17.9. The molecule has 0 aliphatic heterocycles. The Morgan fingerprint density at radius 2 is 1.58 bits per heavy atom. The molecule has 1 aromatic heterocycles. The molecule has 4 nitrogen and oxygen atoms in total. The average Bonchev–Trinajstić information content (AvgIpc) is 3.03. The molecule has 2 aliphatic rings. The Balaban J connectivity index is 1.56. The minimum absolute atomic E-state index is 0.0459. The van der Waals surface area contributed by atoms with Crippen LogP contribution in [0.2, 0.25) is 10.0 Å². The number of benzene rings is 2. The summed E-state index contributed by atoms with van der Waals surface area (Å²) < 4.78 is 0. The third kappa shape index (κ3) is 2.71. The van der Waals surface area contributed by atoms with E-state index < -0.39 is 5.41 Å². The molecule has 1 N–H and O–H groups in total. The number of carbonyl (C=O) groups excluding carboxylic acids is 1. The maximum absolute atomic E-state index is 13.8. The van der Waals surface area contributed by atoms with Gasteiger partial charge < -0.3 is 5.32 Å². The molecule has 0 saturated heterocycles. The van der Waals surface area contributed by atoms with Crippen LogP contribution in [0.4, 0.5) is 0 Å². The zero-order valence-corrected chi connectivity index (χ0v) is 19.4. The van der Waals surface area contributed by atoms with Crippen LogP contribution in [-0.2, 0) is 22.0 Å². The van der Waals surface area contributed by atoms with Gasteiger partial charge in [0.25, 0.3) is 0 Å². The fraction of sp³-hybridized carbons (Fsp3) is 0.400. The van der Waals surface area contributed by atoms with Gasteiger partial charge in [-0.15, -0.1) is 0 Å². The lowest BCUT2D eigenvalue weighted by Gasteiger charge is -2.39. The van der Waals surface area contributed by atoms with E-state index in [1.807, 2.05) is 18.2 Å². The van der Waals surface area contributed by atoms with E-state index >= 15 is 0 Å². The van der Waals surface area contributed by atoms with Crippen molar-refractivity contribution in [2.45, 2.75) is 50.9 Å². The van der Waals surface area contributed by atoms with Gasteiger partial charge in [-0.1, -0.05) is 74.3 Å². The molecular formula is C25H25Cl2N3O. The maximum Gasteiger partial charge on any atom is 0.232 e. The lowest BCUT2D eigenvalue weighted by Crippen LogP contribution is -2.51. The first-order valence-electron chi connectivity index (χ1n) is 10.7. The standard InChI is InChI=1S/C25H25Cl2N3O/c1-23(2)24(3)10-11-25(23,22(31)28-12-9-15-7-5-4-6-8-15)21-20(24)29-18-13-16(26)17(27)14-19(18)30-21/h4-8,13-14H,9-12H2,1-3H3,(H,28,31). The monoisotopic (exact) mass is 453 g/mol. The minimum atomic E-state index is -0.707. The van der Waals surface area contributed by atoms with E-state index in [2.05, 4.69) is 38.2 Å². The van der Waals surface area contributed by atoms with Crippen molar-refractivity contribution in [3.05, 3.63) is 69.5 Å². The van der Waals surface area contributed by atoms with Gasteiger partial charge in [0, 0.05) is 12.0 Å². The molecule has 1 saturated carbocycles. The molecule has 1 heterocycles. The summed E-state index contributed by atoms with van der Waals surface area (Å²) >= 11 is 12.5. The SMILES string of the molecule is CC12CCC(C(=O)NCCc3ccccc3)(c3nc4cc(Cl)c(Cl)cc4nc31)C2(C)C. The van der Waals surface area contributed by atoms with Gasteiger partial charge in [0.2, 0.25) is 5.91 Å². The molecule has 6 heteroatoms. The van der Waals surface area contributed by atoms with E-state index in [0.29, 0.717) is 22.1 Å². The van der Waals surface area contributed by atoms with Gasteiger partial charge in [-0.2, -0.15) is 0 Å². The number of halogens is 2. The van der Waals surface area contributed by atoms with Gasteiger partial charge in [0.15, 0.2) is 0 Å². The van der Waals surface area contributed by atoms with Gasteiger partial charge in [-0.05, 0) is 42.4 Å². The molecule has 0 radical (unpaired) electrons. The lowest BCUT2D eigenvalue weighted by atomic mass is 9.63. The molecule has 1 amide bonds. The van der Waals surface area contributed by atoms with Gasteiger partial charge in [-0.25, -0.2) is 9.97 Å². The summed E-state index contributed by atoms with van der Waals surface area (Å²) in [7, 11) is 0. The van der Waals surface area contributed by atoms with Crippen molar-refractivity contribution < 1.29 is 4.79 Å². The van der Waals surface area contributed by atoms with E-state index in [1.54, 1.807) is 12.1 Å². The first-order chi connectivity index (χ1) is 14.7. The van der Waals surface area contributed by atoms with E-state index in [9.17, 15) is 4.79 Å². The summed E-state index contributed by atoms with van der Waals surface area (Å²) in [6, 6.07) is 13.7. The second-order valence-electron chi connectivity index (χ2n) is 9.53. The van der Waals surface area contributed by atoms with E-state index in [1.165, 1.54) is 5.56 Å². The number of nitrogens with one attached hydrogen (secondary N) is 1. The van der Waals surface area contributed by atoms with Crippen molar-refractivity contribution >= 4 is 40.1 Å². The van der Waals surface area contributed by atoms with Crippen molar-refractivity contribution in [2.75, 3.05) is 6.54 Å². The van der Waals surface area contributed by atoms with Crippen molar-refractivity contribution in [3.8, 4) is 0 Å². The highest BCUT2D eigenvalue weighted by atomic mass is 35.5. The summed E-state index contributed by atoms with van der Waals surface area (Å²) in [4.78, 5) is 23.7. The first kappa shape index (κ1) is 20.7. The van der Waals surface area contributed by atoms with Crippen LogP contribution in [0.3, 0.4) is 0 Å². The third-order valence-electron chi connectivity index (χ3n) is 8.01. The molecule has 0 spiro atoms. The highest BCUT2D eigenvalue weighted by molar-refractivity contribution is 6.42. The Kier molecular flexibility index (Phi) is 4.62. The quantitative estimate of drug-likeness (QED) is 0.557. The predicted molar refractivity (Wildman–Crippen MR) is 125 cm³/mol. The normalized spacial score (nSPS) is 25.6. The van der Waals surface area contributed by atoms with Crippen LogP contribution in [-0.4, -0.2) is 22.4 Å². The summed E-state index contributed by atoms with van der Waals surface area (Å²) in [5.41, 5.74) is 3.08. The van der Waals surface area contributed by atoms with Gasteiger partial charge in [-0.3, -0.25) is 4.79 Å². The number of nitrogens with zero attached hydrogens (tertiary/aromatic N) is 2. The smallest absolute Gasteiger partial charge is 0.232 e. The number of hydrogen-bond acceptors (Lipinski definition) is 3. The fourth-order valence-corrected chi connectivity index (χ4v) is 6.03. The average molecular weight is 454 g/mol. The van der Waals surface area contributed by atoms with Crippen molar-refractivity contribution in [1.82, 2.24) is 15.3 Å². The van der Waals surface area contributed by atoms with Gasteiger partial charge in [0.05, 0.1) is 37.9 Å². The number of rotatable bonds is 4. The van der Waals surface area contributed by atoms with Crippen molar-refractivity contribution in [1.29, 1.82) is 0 Å². The van der Waals surface area contributed by atoms with Crippen LogP contribution in [0, 0.1) is 5.41 Å². The molecular weight excluding hydrogens is 429 g/mol. The minimum Gasteiger partial charge on any atom is -0.355 e. The first-order valence-corrected chi connectivity index (χ1v) is 11.5. The molecule has 2 aliphatic carbocycles. The van der Waals surface area contributed by atoms with Gasteiger partial charge >= 0.3 is 0 Å². The Morgan fingerprint density at radius 3 is 2.23 bits per heavy atom. The van der Waals surface area contributed by atoms with Crippen molar-refractivity contribution in [3.63, 3.8) is 0 Å². The molecule has 2 bridgehead atoms. The molecule has 3 aromatic rings. The van der Waals surface area contributed by atoms with Crippen LogP contribution in [0.5, 0.6) is 0 Å². The molecule has 1 fully saturated rings. The zero-order chi connectivity index (χ0) is 22.0. The molecule has 5 rings (SSSR count). The van der Waals surface area contributed by atoms with E-state index in [4.69, 9.17) is 33.2 Å². The number of fused-ring (bicyclic) bond motifs is 6. The molecule has 160 valence electrons. The summed E-state index contributed by atoms with van der Waals surface area (Å²) in [5.74, 6) is 0.0459. The van der Waals surface area contributed by atoms with Crippen LogP contribution < -0.4 is 5.32 Å². The largest absolute Gasteiger partial charge is 0.355 e. The molecule has 2 aromatic carbocycles.